The lowest BCUT2D eigenvalue weighted by Gasteiger charge is -2.24. The van der Waals surface area contributed by atoms with Crippen molar-refractivity contribution in [1.82, 2.24) is 0 Å². The molecule has 1 aliphatic rings. The summed E-state index contributed by atoms with van der Waals surface area (Å²) in [5, 5.41) is 9.25. The van der Waals surface area contributed by atoms with Crippen LogP contribution < -0.4 is 10.6 Å². The highest BCUT2D eigenvalue weighted by Gasteiger charge is 2.33. The van der Waals surface area contributed by atoms with Gasteiger partial charge >= 0.3 is 0 Å². The Hall–Kier alpha value is -1.06. The number of benzene rings is 1. The Bertz CT molecular complexity index is 371. The molecule has 3 nitrogen and oxygen atoms in total. The first-order valence-electron chi connectivity index (χ1n) is 5.75. The average molecular weight is 220 g/mol. The van der Waals surface area contributed by atoms with Crippen molar-refractivity contribution in [2.24, 2.45) is 5.73 Å². The van der Waals surface area contributed by atoms with Crippen LogP contribution in [0.1, 0.15) is 17.5 Å². The Labute approximate surface area is 96.9 Å². The fraction of sp³-hybridized carbons (Fsp3) is 0.538. The lowest BCUT2D eigenvalue weighted by molar-refractivity contribution is 0.210. The molecule has 0 spiro atoms. The summed E-state index contributed by atoms with van der Waals surface area (Å²) in [5.41, 5.74) is 9.42. The molecule has 1 aromatic carbocycles. The molecule has 1 unspecified atom stereocenters. The molecule has 3 N–H and O–H groups in total. The van der Waals surface area contributed by atoms with Crippen molar-refractivity contribution < 1.29 is 5.11 Å². The molecule has 1 atom stereocenters. The van der Waals surface area contributed by atoms with E-state index in [1.807, 2.05) is 0 Å². The molecule has 1 saturated heterocycles. The van der Waals surface area contributed by atoms with Crippen molar-refractivity contribution in [3.63, 3.8) is 0 Å². The third kappa shape index (κ3) is 2.20. The van der Waals surface area contributed by atoms with Gasteiger partial charge in [-0.05, 0) is 43.5 Å². The Morgan fingerprint density at radius 1 is 1.31 bits per heavy atom. The number of aryl methyl sites for hydroxylation is 2. The van der Waals surface area contributed by atoms with Crippen molar-refractivity contribution in [3.8, 4) is 0 Å². The number of anilines is 1. The molecule has 3 heteroatoms. The zero-order valence-corrected chi connectivity index (χ0v) is 10.0. The van der Waals surface area contributed by atoms with Crippen LogP contribution in [0.25, 0.3) is 0 Å². The normalized spacial score (nSPS) is 25.1. The molecule has 0 aromatic heterocycles. The van der Waals surface area contributed by atoms with Gasteiger partial charge in [-0.15, -0.1) is 0 Å². The number of nitrogens with zero attached hydrogens (tertiary/aromatic N) is 1. The van der Waals surface area contributed by atoms with Gasteiger partial charge in [-0.1, -0.05) is 6.07 Å². The van der Waals surface area contributed by atoms with Crippen LogP contribution in [0.5, 0.6) is 0 Å². The summed E-state index contributed by atoms with van der Waals surface area (Å²) in [4.78, 5) is 2.26. The van der Waals surface area contributed by atoms with E-state index < -0.39 is 5.54 Å². The van der Waals surface area contributed by atoms with E-state index in [1.54, 1.807) is 0 Å². The molecule has 0 aliphatic carbocycles. The summed E-state index contributed by atoms with van der Waals surface area (Å²) in [6, 6.07) is 6.52. The maximum Gasteiger partial charge on any atom is 0.0629 e. The van der Waals surface area contributed by atoms with Crippen molar-refractivity contribution in [1.29, 1.82) is 0 Å². The Morgan fingerprint density at radius 2 is 1.94 bits per heavy atom. The van der Waals surface area contributed by atoms with Crippen LogP contribution >= 0.6 is 0 Å². The number of rotatable bonds is 2. The van der Waals surface area contributed by atoms with Crippen molar-refractivity contribution in [3.05, 3.63) is 29.3 Å². The van der Waals surface area contributed by atoms with E-state index in [2.05, 4.69) is 36.9 Å². The standard InChI is InChI=1S/C13H20N2O/c1-10-5-11(2)7-12(6-10)15-4-3-13(14,8-15)9-16/h5-7,16H,3-4,8-9,14H2,1-2H3. The Balaban J connectivity index is 2.20. The van der Waals surface area contributed by atoms with E-state index in [1.165, 1.54) is 16.8 Å². The van der Waals surface area contributed by atoms with Crippen molar-refractivity contribution >= 4 is 5.69 Å². The van der Waals surface area contributed by atoms with E-state index in [4.69, 9.17) is 5.73 Å². The van der Waals surface area contributed by atoms with E-state index >= 15 is 0 Å². The number of hydrogen-bond acceptors (Lipinski definition) is 3. The van der Waals surface area contributed by atoms with E-state index in [0.717, 1.165) is 19.5 Å². The predicted octanol–water partition coefficient (Wildman–Crippen LogP) is 1.20. The summed E-state index contributed by atoms with van der Waals surface area (Å²) >= 11 is 0. The summed E-state index contributed by atoms with van der Waals surface area (Å²) < 4.78 is 0. The summed E-state index contributed by atoms with van der Waals surface area (Å²) in [5.74, 6) is 0. The molecular formula is C13H20N2O. The maximum atomic E-state index is 9.25. The Morgan fingerprint density at radius 3 is 2.44 bits per heavy atom. The SMILES string of the molecule is Cc1cc(C)cc(N2CCC(N)(CO)C2)c1. The lowest BCUT2D eigenvalue weighted by Crippen LogP contribution is -2.46. The van der Waals surface area contributed by atoms with Crippen LogP contribution in [0, 0.1) is 13.8 Å². The van der Waals surface area contributed by atoms with E-state index in [9.17, 15) is 5.11 Å². The van der Waals surface area contributed by atoms with Gasteiger partial charge in [0.25, 0.3) is 0 Å². The monoisotopic (exact) mass is 220 g/mol. The predicted molar refractivity (Wildman–Crippen MR) is 66.8 cm³/mol. The number of aliphatic hydroxyl groups excluding tert-OH is 1. The second kappa shape index (κ2) is 4.07. The third-order valence-corrected chi connectivity index (χ3v) is 3.27. The molecule has 1 fully saturated rings. The Kier molecular flexibility index (Phi) is 2.91. The minimum atomic E-state index is -0.419. The minimum absolute atomic E-state index is 0.0638. The molecule has 0 saturated carbocycles. The molecule has 0 amide bonds. The third-order valence-electron chi connectivity index (χ3n) is 3.27. The number of aliphatic hydroxyl groups is 1. The van der Waals surface area contributed by atoms with Gasteiger partial charge in [0.1, 0.15) is 0 Å². The topological polar surface area (TPSA) is 49.5 Å². The van der Waals surface area contributed by atoms with Gasteiger partial charge in [0.05, 0.1) is 12.1 Å². The summed E-state index contributed by atoms with van der Waals surface area (Å²) in [6.45, 7) is 5.95. The highest BCUT2D eigenvalue weighted by atomic mass is 16.3. The molecule has 1 heterocycles. The van der Waals surface area contributed by atoms with Crippen LogP contribution in [0.3, 0.4) is 0 Å². The fourth-order valence-electron chi connectivity index (χ4n) is 2.38. The zero-order valence-electron chi connectivity index (χ0n) is 10.0. The van der Waals surface area contributed by atoms with E-state index in [-0.39, 0.29) is 6.61 Å². The maximum absolute atomic E-state index is 9.25. The number of nitrogens with two attached hydrogens (primary N) is 1. The summed E-state index contributed by atoms with van der Waals surface area (Å²) in [7, 11) is 0. The first-order valence-corrected chi connectivity index (χ1v) is 5.75. The molecule has 16 heavy (non-hydrogen) atoms. The number of hydrogen-bond donors (Lipinski definition) is 2. The van der Waals surface area contributed by atoms with Gasteiger partial charge in [0.15, 0.2) is 0 Å². The van der Waals surface area contributed by atoms with Gasteiger partial charge in [0.2, 0.25) is 0 Å². The molecule has 0 bridgehead atoms. The van der Waals surface area contributed by atoms with Gasteiger partial charge in [-0.2, -0.15) is 0 Å². The van der Waals surface area contributed by atoms with Crippen molar-refractivity contribution in [2.45, 2.75) is 25.8 Å². The first kappa shape index (κ1) is 11.4. The second-order valence-corrected chi connectivity index (χ2v) is 5.04. The van der Waals surface area contributed by atoms with Gasteiger partial charge in [-0.25, -0.2) is 0 Å². The van der Waals surface area contributed by atoms with Gasteiger partial charge in [-0.3, -0.25) is 0 Å². The average Bonchev–Trinajstić information content (AvgIpc) is 2.61. The molecule has 88 valence electrons. The highest BCUT2D eigenvalue weighted by molar-refractivity contribution is 5.52. The zero-order chi connectivity index (χ0) is 11.8. The highest BCUT2D eigenvalue weighted by Crippen LogP contribution is 2.26. The molecule has 2 rings (SSSR count). The van der Waals surface area contributed by atoms with Crippen LogP contribution in [0.15, 0.2) is 18.2 Å². The molecule has 0 radical (unpaired) electrons. The second-order valence-electron chi connectivity index (χ2n) is 5.04. The molecule has 1 aliphatic heterocycles. The van der Waals surface area contributed by atoms with Crippen LogP contribution in [0.2, 0.25) is 0 Å². The quantitative estimate of drug-likeness (QED) is 0.787. The molecular weight excluding hydrogens is 200 g/mol. The molecule has 1 aromatic rings. The minimum Gasteiger partial charge on any atom is -0.394 e. The van der Waals surface area contributed by atoms with Crippen LogP contribution in [-0.4, -0.2) is 30.3 Å². The van der Waals surface area contributed by atoms with Crippen LogP contribution in [0.4, 0.5) is 5.69 Å². The van der Waals surface area contributed by atoms with E-state index in [0.29, 0.717) is 0 Å². The van der Waals surface area contributed by atoms with Crippen LogP contribution in [-0.2, 0) is 0 Å². The smallest absolute Gasteiger partial charge is 0.0629 e. The lowest BCUT2D eigenvalue weighted by atomic mass is 10.0. The first-order chi connectivity index (χ1) is 7.52. The summed E-state index contributed by atoms with van der Waals surface area (Å²) in [6.07, 6.45) is 0.858. The largest absolute Gasteiger partial charge is 0.394 e. The van der Waals surface area contributed by atoms with Gasteiger partial charge < -0.3 is 15.7 Å². The van der Waals surface area contributed by atoms with Gasteiger partial charge in [0, 0.05) is 18.8 Å². The fourth-order valence-corrected chi connectivity index (χ4v) is 2.38. The van der Waals surface area contributed by atoms with Crippen molar-refractivity contribution in [2.75, 3.05) is 24.6 Å².